The summed E-state index contributed by atoms with van der Waals surface area (Å²) >= 11 is 0. The molecule has 0 saturated heterocycles. The maximum absolute atomic E-state index is 10.9. The molecule has 0 amide bonds. The molecule has 0 aliphatic carbocycles. The van der Waals surface area contributed by atoms with Gasteiger partial charge >= 0.3 is 0 Å². The van der Waals surface area contributed by atoms with E-state index in [-0.39, 0.29) is 5.69 Å². The average Bonchev–Trinajstić information content (AvgIpc) is 2.60. The van der Waals surface area contributed by atoms with E-state index in [0.717, 1.165) is 16.8 Å². The van der Waals surface area contributed by atoms with Crippen LogP contribution in [0.2, 0.25) is 0 Å². The van der Waals surface area contributed by atoms with Gasteiger partial charge in [0.1, 0.15) is 0 Å². The molecule has 1 heterocycles. The number of hydrogen-bond acceptors (Lipinski definition) is 6. The Morgan fingerprint density at radius 3 is 2.40 bits per heavy atom. The fourth-order valence-corrected chi connectivity index (χ4v) is 2.86. The number of non-ortho nitro benzene ring substituents is 1. The van der Waals surface area contributed by atoms with Crippen LogP contribution in [-0.4, -0.2) is 4.92 Å². The minimum Gasteiger partial charge on any atom is -0.453 e. The summed E-state index contributed by atoms with van der Waals surface area (Å²) in [5, 5.41) is 14.2. The lowest BCUT2D eigenvalue weighted by atomic mass is 9.99. The molecule has 7 heteroatoms. The zero-order valence-corrected chi connectivity index (χ0v) is 13.0. The van der Waals surface area contributed by atoms with Crippen molar-refractivity contribution >= 4 is 28.4 Å². The average molecular weight is 334 g/mol. The zero-order valence-electron chi connectivity index (χ0n) is 13.0. The number of nitrogen functional groups attached to an aromatic ring is 2. The van der Waals surface area contributed by atoms with E-state index >= 15 is 0 Å². The Hall–Kier alpha value is -3.74. The van der Waals surface area contributed by atoms with Crippen LogP contribution < -0.4 is 21.5 Å². The molecule has 0 radical (unpaired) electrons. The molecule has 124 valence electrons. The first-order chi connectivity index (χ1) is 12.0. The number of fused-ring (bicyclic) bond motifs is 2. The summed E-state index contributed by atoms with van der Waals surface area (Å²) in [6, 6.07) is 15.1. The summed E-state index contributed by atoms with van der Waals surface area (Å²) in [6.45, 7) is 0. The fourth-order valence-electron chi connectivity index (χ4n) is 2.86. The van der Waals surface area contributed by atoms with Crippen LogP contribution in [0.1, 0.15) is 0 Å². The first kappa shape index (κ1) is 14.8. The maximum Gasteiger partial charge on any atom is 0.269 e. The summed E-state index contributed by atoms with van der Waals surface area (Å²) in [7, 11) is 0. The number of ether oxygens (including phenoxy) is 1. The second kappa shape index (κ2) is 5.41. The molecule has 7 nitrogen and oxygen atoms in total. The highest BCUT2D eigenvalue weighted by molar-refractivity contribution is 5.95. The van der Waals surface area contributed by atoms with Crippen LogP contribution in [0.25, 0.3) is 11.1 Å². The number of rotatable bonds is 2. The van der Waals surface area contributed by atoms with Crippen molar-refractivity contribution in [1.29, 1.82) is 0 Å². The van der Waals surface area contributed by atoms with Crippen LogP contribution in [0.15, 0.2) is 54.6 Å². The lowest BCUT2D eigenvalue weighted by Gasteiger charge is -2.25. The van der Waals surface area contributed by atoms with Crippen LogP contribution in [0.5, 0.6) is 11.5 Å². The third-order valence-electron chi connectivity index (χ3n) is 4.05. The van der Waals surface area contributed by atoms with E-state index in [9.17, 15) is 10.1 Å². The summed E-state index contributed by atoms with van der Waals surface area (Å²) in [5.41, 5.74) is 16.1. The molecule has 0 saturated carbocycles. The number of nitrogens with one attached hydrogen (secondary N) is 1. The van der Waals surface area contributed by atoms with Crippen molar-refractivity contribution in [1.82, 2.24) is 0 Å². The van der Waals surface area contributed by atoms with E-state index < -0.39 is 4.92 Å². The monoisotopic (exact) mass is 334 g/mol. The van der Waals surface area contributed by atoms with Crippen molar-refractivity contribution < 1.29 is 9.66 Å². The Morgan fingerprint density at radius 2 is 1.68 bits per heavy atom. The van der Waals surface area contributed by atoms with Gasteiger partial charge < -0.3 is 21.5 Å². The highest BCUT2D eigenvalue weighted by Crippen LogP contribution is 2.49. The first-order valence-electron chi connectivity index (χ1n) is 7.54. The molecule has 3 aromatic carbocycles. The molecule has 0 unspecified atom stereocenters. The van der Waals surface area contributed by atoms with E-state index in [2.05, 4.69) is 5.32 Å². The Balaban J connectivity index is 1.84. The summed E-state index contributed by atoms with van der Waals surface area (Å²) in [4.78, 5) is 10.4. The van der Waals surface area contributed by atoms with E-state index in [0.29, 0.717) is 28.6 Å². The predicted molar refractivity (Wildman–Crippen MR) is 97.2 cm³/mol. The number of hydrogen-bond donors (Lipinski definition) is 3. The normalized spacial score (nSPS) is 11.7. The Morgan fingerprint density at radius 1 is 0.960 bits per heavy atom. The fraction of sp³-hybridized carbons (Fsp3) is 0. The highest BCUT2D eigenvalue weighted by atomic mass is 16.6. The van der Waals surface area contributed by atoms with E-state index in [1.807, 2.05) is 0 Å². The number of anilines is 4. The lowest BCUT2D eigenvalue weighted by molar-refractivity contribution is -0.384. The van der Waals surface area contributed by atoms with E-state index in [1.165, 1.54) is 12.1 Å². The number of nitrogens with two attached hydrogens (primary N) is 2. The van der Waals surface area contributed by atoms with Crippen molar-refractivity contribution in [3.05, 3.63) is 64.7 Å². The van der Waals surface area contributed by atoms with Crippen LogP contribution >= 0.6 is 0 Å². The minimum absolute atomic E-state index is 0.0226. The van der Waals surface area contributed by atoms with Crippen molar-refractivity contribution in [2.75, 3.05) is 16.8 Å². The molecule has 0 atom stereocenters. The van der Waals surface area contributed by atoms with Gasteiger partial charge in [0.15, 0.2) is 11.5 Å². The molecule has 1 aliphatic heterocycles. The topological polar surface area (TPSA) is 116 Å². The Kier molecular flexibility index (Phi) is 3.21. The Bertz CT molecular complexity index is 1000. The molecule has 25 heavy (non-hydrogen) atoms. The lowest BCUT2D eigenvalue weighted by Crippen LogP contribution is -2.06. The third kappa shape index (κ3) is 2.47. The molecule has 0 aromatic heterocycles. The molecule has 1 aliphatic rings. The summed E-state index contributed by atoms with van der Waals surface area (Å²) in [5.74, 6) is 1.29. The molecule has 0 spiro atoms. The van der Waals surface area contributed by atoms with Gasteiger partial charge in [0.05, 0.1) is 16.3 Å². The van der Waals surface area contributed by atoms with Gasteiger partial charge in [0, 0.05) is 29.1 Å². The van der Waals surface area contributed by atoms with Crippen LogP contribution in [0.4, 0.5) is 28.4 Å². The number of benzene rings is 3. The molecule has 0 fully saturated rings. The maximum atomic E-state index is 10.9. The first-order valence-corrected chi connectivity index (χ1v) is 7.54. The number of nitrogens with zero attached hydrogens (tertiary/aromatic N) is 1. The van der Waals surface area contributed by atoms with Gasteiger partial charge in [-0.15, -0.1) is 0 Å². The van der Waals surface area contributed by atoms with Crippen molar-refractivity contribution in [3.8, 4) is 22.6 Å². The molecule has 3 aromatic rings. The van der Waals surface area contributed by atoms with E-state index in [1.54, 1.807) is 42.5 Å². The van der Waals surface area contributed by atoms with Crippen LogP contribution in [0.3, 0.4) is 0 Å². The molecule has 5 N–H and O–H groups in total. The van der Waals surface area contributed by atoms with Crippen LogP contribution in [-0.2, 0) is 0 Å². The second-order valence-corrected chi connectivity index (χ2v) is 5.69. The van der Waals surface area contributed by atoms with Gasteiger partial charge in [-0.05, 0) is 48.0 Å². The van der Waals surface area contributed by atoms with Crippen molar-refractivity contribution in [2.45, 2.75) is 0 Å². The van der Waals surface area contributed by atoms with Gasteiger partial charge in [-0.25, -0.2) is 0 Å². The SMILES string of the molecule is Nc1ccc2c(c1)Nc1c(ccc(N)c1-c1ccc([N+](=O)[O-])cc1)O2. The van der Waals surface area contributed by atoms with Gasteiger partial charge in [0.25, 0.3) is 5.69 Å². The molecule has 0 bridgehead atoms. The molecular weight excluding hydrogens is 320 g/mol. The van der Waals surface area contributed by atoms with Gasteiger partial charge in [-0.3, -0.25) is 10.1 Å². The highest BCUT2D eigenvalue weighted by Gasteiger charge is 2.22. The Labute approximate surface area is 143 Å². The third-order valence-corrected chi connectivity index (χ3v) is 4.05. The van der Waals surface area contributed by atoms with Gasteiger partial charge in [0.2, 0.25) is 0 Å². The quantitative estimate of drug-likeness (QED) is 0.286. The largest absolute Gasteiger partial charge is 0.453 e. The molecular formula is C18H14N4O3. The predicted octanol–water partition coefficient (Wildman–Crippen LogP) is 4.28. The van der Waals surface area contributed by atoms with Crippen molar-refractivity contribution in [2.24, 2.45) is 0 Å². The van der Waals surface area contributed by atoms with Gasteiger partial charge in [-0.1, -0.05) is 0 Å². The van der Waals surface area contributed by atoms with E-state index in [4.69, 9.17) is 16.2 Å². The summed E-state index contributed by atoms with van der Waals surface area (Å²) in [6.07, 6.45) is 0. The minimum atomic E-state index is -0.437. The van der Waals surface area contributed by atoms with Crippen molar-refractivity contribution in [3.63, 3.8) is 0 Å². The number of nitro groups is 1. The standard InChI is InChI=1S/C18H14N4O3/c19-11-3-7-15-14(9-11)21-18-16(25-15)8-6-13(20)17(18)10-1-4-12(5-2-10)22(23)24/h1-9,21H,19-20H2. The summed E-state index contributed by atoms with van der Waals surface area (Å²) < 4.78 is 5.93. The smallest absolute Gasteiger partial charge is 0.269 e. The zero-order chi connectivity index (χ0) is 17.6. The second-order valence-electron chi connectivity index (χ2n) is 5.69. The number of nitro benzene ring substituents is 1. The molecule has 4 rings (SSSR count). The van der Waals surface area contributed by atoms with Crippen LogP contribution in [0, 0.1) is 10.1 Å². The van der Waals surface area contributed by atoms with Gasteiger partial charge in [-0.2, -0.15) is 0 Å².